The number of hydrogen-bond acceptors (Lipinski definition) is 2. The molecule has 0 N–H and O–H groups in total. The zero-order valence-corrected chi connectivity index (χ0v) is 22.7. The topological polar surface area (TPSA) is 18.5 Å². The molecule has 4 heteroatoms. The summed E-state index contributed by atoms with van der Waals surface area (Å²) in [6, 6.07) is 12.4. The molecule has 1 aliphatic rings. The zero-order valence-electron chi connectivity index (χ0n) is 20.1. The van der Waals surface area contributed by atoms with Gasteiger partial charge < -0.3 is 9.16 Å². The number of halogens is 1. The van der Waals surface area contributed by atoms with Gasteiger partial charge in [0.15, 0.2) is 8.32 Å². The van der Waals surface area contributed by atoms with Crippen molar-refractivity contribution < 1.29 is 9.16 Å². The van der Waals surface area contributed by atoms with Crippen LogP contribution < -0.4 is 4.74 Å². The Bertz CT molecular complexity index is 673. The Morgan fingerprint density at radius 1 is 1.17 bits per heavy atom. The Morgan fingerprint density at radius 3 is 2.50 bits per heavy atom. The summed E-state index contributed by atoms with van der Waals surface area (Å²) in [7, 11) is -1.57. The van der Waals surface area contributed by atoms with Gasteiger partial charge in [0, 0.05) is 0 Å². The van der Waals surface area contributed by atoms with Gasteiger partial charge in [0.2, 0.25) is 0 Å². The van der Waals surface area contributed by atoms with E-state index >= 15 is 0 Å². The van der Waals surface area contributed by atoms with Crippen LogP contribution in [0, 0.1) is 5.92 Å². The van der Waals surface area contributed by atoms with E-state index in [2.05, 4.69) is 86.7 Å². The zero-order chi connectivity index (χ0) is 22.2. The van der Waals surface area contributed by atoms with Crippen LogP contribution in [0.25, 0.3) is 0 Å². The molecular weight excluding hydrogens is 452 g/mol. The van der Waals surface area contributed by atoms with Crippen molar-refractivity contribution in [1.82, 2.24) is 0 Å². The third kappa shape index (κ3) is 6.96. The average molecular weight is 496 g/mol. The fourth-order valence-corrected chi connectivity index (χ4v) is 8.85. The Kier molecular flexibility index (Phi) is 10.2. The van der Waals surface area contributed by atoms with Crippen LogP contribution in [0.3, 0.4) is 0 Å². The van der Waals surface area contributed by atoms with Gasteiger partial charge in [0.05, 0.1) is 12.2 Å². The predicted octanol–water partition coefficient (Wildman–Crippen LogP) is 8.83. The number of benzene rings is 1. The second-order valence-corrected chi connectivity index (χ2v) is 14.8. The molecule has 2 atom stereocenters. The van der Waals surface area contributed by atoms with Crippen LogP contribution in [0.4, 0.5) is 0 Å². The lowest BCUT2D eigenvalue weighted by Gasteiger charge is -2.38. The minimum atomic E-state index is -1.57. The molecule has 1 saturated carbocycles. The first-order valence-corrected chi connectivity index (χ1v) is 15.5. The van der Waals surface area contributed by atoms with E-state index < -0.39 is 8.32 Å². The van der Waals surface area contributed by atoms with Crippen molar-refractivity contribution in [2.75, 3.05) is 6.61 Å². The van der Waals surface area contributed by atoms with E-state index in [9.17, 15) is 0 Å². The largest absolute Gasteiger partial charge is 0.494 e. The summed E-state index contributed by atoms with van der Waals surface area (Å²) < 4.78 is 12.9. The molecular formula is C26H43BrO2Si. The molecule has 0 radical (unpaired) electrons. The molecule has 30 heavy (non-hydrogen) atoms. The molecule has 1 aromatic carbocycles. The summed E-state index contributed by atoms with van der Waals surface area (Å²) in [5.41, 5.74) is 2.89. The highest BCUT2D eigenvalue weighted by Gasteiger charge is 2.35. The summed E-state index contributed by atoms with van der Waals surface area (Å²) in [5.74, 6) is 2.19. The van der Waals surface area contributed by atoms with Crippen molar-refractivity contribution >= 4 is 24.2 Å². The van der Waals surface area contributed by atoms with Gasteiger partial charge in [-0.05, 0) is 98.6 Å². The van der Waals surface area contributed by atoms with Crippen LogP contribution in [-0.2, 0) is 4.43 Å². The second-order valence-electron chi connectivity index (χ2n) is 9.60. The van der Waals surface area contributed by atoms with E-state index in [0.717, 1.165) is 25.2 Å². The lowest BCUT2D eigenvalue weighted by atomic mass is 9.74. The van der Waals surface area contributed by atoms with Gasteiger partial charge in [-0.2, -0.15) is 0 Å². The Morgan fingerprint density at radius 2 is 1.87 bits per heavy atom. The van der Waals surface area contributed by atoms with E-state index in [1.807, 2.05) is 0 Å². The summed E-state index contributed by atoms with van der Waals surface area (Å²) in [4.78, 5) is 2.14. The fraction of sp³-hybridized carbons (Fsp3) is 0.692. The molecule has 0 unspecified atom stereocenters. The van der Waals surface area contributed by atoms with Gasteiger partial charge in [0.25, 0.3) is 0 Å². The van der Waals surface area contributed by atoms with Gasteiger partial charge in [-0.1, -0.05) is 61.3 Å². The van der Waals surface area contributed by atoms with E-state index in [-0.39, 0.29) is 5.60 Å². The highest BCUT2D eigenvalue weighted by Crippen LogP contribution is 2.41. The third-order valence-electron chi connectivity index (χ3n) is 7.21. The molecule has 0 bridgehead atoms. The van der Waals surface area contributed by atoms with E-state index in [0.29, 0.717) is 11.8 Å². The molecule has 170 valence electrons. The first kappa shape index (κ1) is 25.7. The first-order chi connectivity index (χ1) is 14.3. The number of rotatable bonds is 11. The SMILES string of the molecule is CC[Si](CC)(CC)OC(C)(C)CCCOc1cccc([C@H]2CCC/C(=C\Br)[C@@H]2C)c1. The minimum Gasteiger partial charge on any atom is -0.494 e. The highest BCUT2D eigenvalue weighted by molar-refractivity contribution is 9.11. The number of hydrogen-bond donors (Lipinski definition) is 0. The van der Waals surface area contributed by atoms with Crippen LogP contribution in [0.5, 0.6) is 5.75 Å². The van der Waals surface area contributed by atoms with Crippen LogP contribution >= 0.6 is 15.9 Å². The Balaban J connectivity index is 1.89. The molecule has 0 aromatic heterocycles. The molecule has 2 rings (SSSR count). The standard InChI is InChI=1S/C26H43BrO2Si/c1-7-30(8-2,9-3)29-26(5,6)17-12-18-28-24-15-10-13-22(19-24)25-16-11-14-23(20-27)21(25)4/h10,13,15,19-21,25H,7-9,11-12,14,16-18H2,1-6H3/b23-20+/t21-,25-/m0/s1. The van der Waals surface area contributed by atoms with Gasteiger partial charge in [-0.3, -0.25) is 0 Å². The molecule has 0 heterocycles. The van der Waals surface area contributed by atoms with Gasteiger partial charge in [0.1, 0.15) is 5.75 Å². The lowest BCUT2D eigenvalue weighted by Crippen LogP contribution is -2.44. The summed E-state index contributed by atoms with van der Waals surface area (Å²) in [6.45, 7) is 14.5. The van der Waals surface area contributed by atoms with Crippen LogP contribution in [0.2, 0.25) is 18.1 Å². The van der Waals surface area contributed by atoms with Crippen molar-refractivity contribution in [3.05, 3.63) is 40.4 Å². The number of allylic oxidation sites excluding steroid dienone is 1. The van der Waals surface area contributed by atoms with Crippen molar-refractivity contribution in [3.63, 3.8) is 0 Å². The fourth-order valence-electron chi connectivity index (χ4n) is 5.00. The Hall–Kier alpha value is -0.583. The molecule has 1 aromatic rings. The molecule has 0 aliphatic heterocycles. The van der Waals surface area contributed by atoms with Gasteiger partial charge in [-0.25, -0.2) is 0 Å². The molecule has 0 amide bonds. The van der Waals surface area contributed by atoms with Crippen molar-refractivity contribution in [2.45, 2.75) is 103 Å². The van der Waals surface area contributed by atoms with Crippen molar-refractivity contribution in [2.24, 2.45) is 5.92 Å². The maximum absolute atomic E-state index is 6.73. The maximum atomic E-state index is 6.73. The van der Waals surface area contributed by atoms with Gasteiger partial charge >= 0.3 is 0 Å². The van der Waals surface area contributed by atoms with E-state index in [1.165, 1.54) is 48.5 Å². The van der Waals surface area contributed by atoms with E-state index in [1.54, 1.807) is 0 Å². The molecule has 1 aliphatic carbocycles. The highest BCUT2D eigenvalue weighted by atomic mass is 79.9. The minimum absolute atomic E-state index is 0.0601. The third-order valence-corrected chi connectivity index (χ3v) is 12.7. The van der Waals surface area contributed by atoms with Crippen molar-refractivity contribution in [3.8, 4) is 5.75 Å². The monoisotopic (exact) mass is 494 g/mol. The van der Waals surface area contributed by atoms with Gasteiger partial charge in [-0.15, -0.1) is 0 Å². The summed E-state index contributed by atoms with van der Waals surface area (Å²) >= 11 is 3.56. The molecule has 0 saturated heterocycles. The maximum Gasteiger partial charge on any atom is 0.192 e. The smallest absolute Gasteiger partial charge is 0.192 e. The van der Waals surface area contributed by atoms with Crippen LogP contribution in [-0.4, -0.2) is 20.5 Å². The second kappa shape index (κ2) is 11.9. The molecule has 0 spiro atoms. The quantitative estimate of drug-likeness (QED) is 0.225. The summed E-state index contributed by atoms with van der Waals surface area (Å²) in [5, 5.41) is 0. The number of ether oxygens (including phenoxy) is 1. The molecule has 2 nitrogen and oxygen atoms in total. The van der Waals surface area contributed by atoms with Crippen molar-refractivity contribution in [1.29, 1.82) is 0 Å². The lowest BCUT2D eigenvalue weighted by molar-refractivity contribution is 0.0784. The van der Waals surface area contributed by atoms with Crippen LogP contribution in [0.15, 0.2) is 34.8 Å². The Labute approximate surface area is 195 Å². The predicted molar refractivity (Wildman–Crippen MR) is 136 cm³/mol. The van der Waals surface area contributed by atoms with Crippen LogP contribution in [0.1, 0.15) is 85.1 Å². The van der Waals surface area contributed by atoms with E-state index in [4.69, 9.17) is 9.16 Å². The molecule has 1 fully saturated rings. The summed E-state index contributed by atoms with van der Waals surface area (Å²) in [6.07, 6.45) is 5.81. The average Bonchev–Trinajstić information content (AvgIpc) is 2.75. The normalized spacial score (nSPS) is 21.8. The first-order valence-electron chi connectivity index (χ1n) is 12.0.